The molecule has 0 spiro atoms. The average Bonchev–Trinajstić information content (AvgIpc) is 2.39. The van der Waals surface area contributed by atoms with Crippen LogP contribution in [-0.2, 0) is 6.42 Å². The molecule has 1 aliphatic rings. The zero-order chi connectivity index (χ0) is 13.0. The lowest BCUT2D eigenvalue weighted by Crippen LogP contribution is -2.48. The van der Waals surface area contributed by atoms with Crippen LogP contribution in [0.25, 0.3) is 0 Å². The van der Waals surface area contributed by atoms with E-state index < -0.39 is 6.09 Å². The third-order valence-electron chi connectivity index (χ3n) is 3.11. The van der Waals surface area contributed by atoms with Crippen molar-refractivity contribution in [2.45, 2.75) is 6.42 Å². The zero-order valence-corrected chi connectivity index (χ0v) is 10.0. The number of hydrogen-bond acceptors (Lipinski definition) is 3. The van der Waals surface area contributed by atoms with E-state index >= 15 is 0 Å². The van der Waals surface area contributed by atoms with Gasteiger partial charge in [0.15, 0.2) is 0 Å². The van der Waals surface area contributed by atoms with E-state index in [9.17, 15) is 4.79 Å². The Morgan fingerprint density at radius 1 is 1.33 bits per heavy atom. The van der Waals surface area contributed by atoms with E-state index in [1.165, 1.54) is 4.90 Å². The van der Waals surface area contributed by atoms with Gasteiger partial charge in [-0.15, -0.1) is 0 Å². The van der Waals surface area contributed by atoms with Crippen LogP contribution in [0, 0.1) is 11.3 Å². The van der Waals surface area contributed by atoms with Crippen molar-refractivity contribution in [3.63, 3.8) is 0 Å². The second-order valence-electron chi connectivity index (χ2n) is 4.26. The monoisotopic (exact) mass is 245 g/mol. The van der Waals surface area contributed by atoms with Gasteiger partial charge in [-0.25, -0.2) is 4.79 Å². The van der Waals surface area contributed by atoms with E-state index in [0.717, 1.165) is 11.3 Å². The third-order valence-corrected chi connectivity index (χ3v) is 3.11. The van der Waals surface area contributed by atoms with Crippen LogP contribution >= 0.6 is 0 Å². The number of piperazine rings is 1. The van der Waals surface area contributed by atoms with E-state index in [2.05, 4.69) is 11.0 Å². The van der Waals surface area contributed by atoms with Crippen molar-refractivity contribution >= 4 is 11.8 Å². The molecule has 1 amide bonds. The van der Waals surface area contributed by atoms with Gasteiger partial charge in [0.1, 0.15) is 0 Å². The summed E-state index contributed by atoms with van der Waals surface area (Å²) in [6.07, 6.45) is -0.448. The number of rotatable bonds is 2. The lowest BCUT2D eigenvalue weighted by atomic mass is 10.1. The Balaban J connectivity index is 2.03. The van der Waals surface area contributed by atoms with Crippen molar-refractivity contribution in [2.24, 2.45) is 0 Å². The third kappa shape index (κ3) is 2.72. The van der Waals surface area contributed by atoms with Crippen molar-refractivity contribution in [3.8, 4) is 6.07 Å². The van der Waals surface area contributed by atoms with Gasteiger partial charge in [-0.1, -0.05) is 12.1 Å². The molecule has 1 fully saturated rings. The van der Waals surface area contributed by atoms with Crippen LogP contribution in [0.3, 0.4) is 0 Å². The molecule has 0 radical (unpaired) electrons. The van der Waals surface area contributed by atoms with Gasteiger partial charge in [-0.3, -0.25) is 0 Å². The van der Waals surface area contributed by atoms with Crippen molar-refractivity contribution in [2.75, 3.05) is 31.1 Å². The molecule has 0 saturated carbocycles. The molecule has 0 atom stereocenters. The fourth-order valence-electron chi connectivity index (χ4n) is 2.11. The van der Waals surface area contributed by atoms with Crippen LogP contribution in [0.1, 0.15) is 5.56 Å². The van der Waals surface area contributed by atoms with Gasteiger partial charge in [0, 0.05) is 31.9 Å². The molecule has 94 valence electrons. The maximum atomic E-state index is 10.8. The van der Waals surface area contributed by atoms with E-state index in [1.807, 2.05) is 24.3 Å². The molecule has 1 saturated heterocycles. The summed E-state index contributed by atoms with van der Waals surface area (Å²) in [6, 6.07) is 10.00. The topological polar surface area (TPSA) is 67.6 Å². The molecule has 1 aliphatic heterocycles. The predicted octanol–water partition coefficient (Wildman–Crippen LogP) is 1.55. The largest absolute Gasteiger partial charge is 0.465 e. The minimum Gasteiger partial charge on any atom is -0.465 e. The summed E-state index contributed by atoms with van der Waals surface area (Å²) in [5.41, 5.74) is 2.06. The van der Waals surface area contributed by atoms with Gasteiger partial charge in [-0.05, 0) is 17.7 Å². The second-order valence-corrected chi connectivity index (χ2v) is 4.26. The summed E-state index contributed by atoms with van der Waals surface area (Å²) in [4.78, 5) is 14.4. The number of nitrogens with zero attached hydrogens (tertiary/aromatic N) is 3. The fourth-order valence-corrected chi connectivity index (χ4v) is 2.11. The SMILES string of the molecule is N#CCc1cccc(N2CCN(C(=O)O)CC2)c1. The first kappa shape index (κ1) is 12.2. The van der Waals surface area contributed by atoms with Crippen molar-refractivity contribution in [1.82, 2.24) is 4.90 Å². The number of carbonyl (C=O) groups is 1. The van der Waals surface area contributed by atoms with Gasteiger partial charge in [-0.2, -0.15) is 5.26 Å². The molecule has 0 aliphatic carbocycles. The van der Waals surface area contributed by atoms with Crippen LogP contribution < -0.4 is 4.90 Å². The molecule has 0 bridgehead atoms. The Hall–Kier alpha value is -2.22. The van der Waals surface area contributed by atoms with Gasteiger partial charge in [0.25, 0.3) is 0 Å². The van der Waals surface area contributed by atoms with Crippen LogP contribution in [0.4, 0.5) is 10.5 Å². The van der Waals surface area contributed by atoms with Gasteiger partial charge in [0.05, 0.1) is 12.5 Å². The van der Waals surface area contributed by atoms with Gasteiger partial charge in [0.2, 0.25) is 0 Å². The average molecular weight is 245 g/mol. The first-order valence-electron chi connectivity index (χ1n) is 5.89. The molecule has 0 unspecified atom stereocenters. The Bertz CT molecular complexity index is 473. The summed E-state index contributed by atoms with van der Waals surface area (Å²) < 4.78 is 0. The Labute approximate surface area is 106 Å². The quantitative estimate of drug-likeness (QED) is 0.858. The number of carboxylic acid groups (broad SMARTS) is 1. The van der Waals surface area contributed by atoms with Crippen LogP contribution in [-0.4, -0.2) is 42.3 Å². The summed E-state index contributed by atoms with van der Waals surface area (Å²) in [5, 5.41) is 17.6. The van der Waals surface area contributed by atoms with E-state index in [1.54, 1.807) is 0 Å². The first-order chi connectivity index (χ1) is 8.70. The Morgan fingerprint density at radius 2 is 2.06 bits per heavy atom. The molecule has 1 heterocycles. The highest BCUT2D eigenvalue weighted by atomic mass is 16.4. The molecule has 18 heavy (non-hydrogen) atoms. The first-order valence-corrected chi connectivity index (χ1v) is 5.89. The summed E-state index contributed by atoms with van der Waals surface area (Å²) >= 11 is 0. The van der Waals surface area contributed by atoms with Crippen molar-refractivity contribution in [3.05, 3.63) is 29.8 Å². The Morgan fingerprint density at radius 3 is 2.67 bits per heavy atom. The highest BCUT2D eigenvalue weighted by Crippen LogP contribution is 2.18. The molecule has 1 N–H and O–H groups in total. The molecule has 5 nitrogen and oxygen atoms in total. The number of hydrogen-bond donors (Lipinski definition) is 1. The highest BCUT2D eigenvalue weighted by molar-refractivity contribution is 5.65. The number of anilines is 1. The number of nitriles is 1. The number of benzene rings is 1. The standard InChI is InChI=1S/C13H15N3O2/c14-5-4-11-2-1-3-12(10-11)15-6-8-16(9-7-15)13(17)18/h1-3,10H,4,6-9H2,(H,17,18). The number of amides is 1. The molecule has 2 rings (SSSR count). The van der Waals surface area contributed by atoms with E-state index in [4.69, 9.17) is 10.4 Å². The lowest BCUT2D eigenvalue weighted by molar-refractivity contribution is 0.142. The van der Waals surface area contributed by atoms with E-state index in [0.29, 0.717) is 32.6 Å². The van der Waals surface area contributed by atoms with Crippen LogP contribution in [0.2, 0.25) is 0 Å². The summed E-state index contributed by atoms with van der Waals surface area (Å²) in [7, 11) is 0. The van der Waals surface area contributed by atoms with Crippen LogP contribution in [0.5, 0.6) is 0 Å². The minimum atomic E-state index is -0.854. The zero-order valence-electron chi connectivity index (χ0n) is 10.0. The van der Waals surface area contributed by atoms with Crippen molar-refractivity contribution in [1.29, 1.82) is 5.26 Å². The highest BCUT2D eigenvalue weighted by Gasteiger charge is 2.20. The smallest absolute Gasteiger partial charge is 0.407 e. The van der Waals surface area contributed by atoms with Gasteiger partial charge >= 0.3 is 6.09 Å². The minimum absolute atomic E-state index is 0.406. The normalized spacial score (nSPS) is 15.3. The molecule has 1 aromatic carbocycles. The summed E-state index contributed by atoms with van der Waals surface area (Å²) in [6.45, 7) is 2.44. The molecular formula is C13H15N3O2. The fraction of sp³-hybridized carbons (Fsp3) is 0.385. The molecule has 1 aromatic rings. The summed E-state index contributed by atoms with van der Waals surface area (Å²) in [5.74, 6) is 0. The maximum absolute atomic E-state index is 10.8. The molecular weight excluding hydrogens is 230 g/mol. The van der Waals surface area contributed by atoms with Crippen LogP contribution in [0.15, 0.2) is 24.3 Å². The molecule has 0 aromatic heterocycles. The maximum Gasteiger partial charge on any atom is 0.407 e. The van der Waals surface area contributed by atoms with E-state index in [-0.39, 0.29) is 0 Å². The second kappa shape index (κ2) is 5.41. The molecule has 5 heteroatoms. The lowest BCUT2D eigenvalue weighted by Gasteiger charge is -2.34. The van der Waals surface area contributed by atoms with Gasteiger partial charge < -0.3 is 14.9 Å². The Kier molecular flexibility index (Phi) is 3.68. The predicted molar refractivity (Wildman–Crippen MR) is 67.6 cm³/mol. The van der Waals surface area contributed by atoms with Crippen molar-refractivity contribution < 1.29 is 9.90 Å².